The van der Waals surface area contributed by atoms with Gasteiger partial charge < -0.3 is 19.1 Å². The van der Waals surface area contributed by atoms with Crippen LogP contribution in [0.1, 0.15) is 49.2 Å². The van der Waals surface area contributed by atoms with Crippen molar-refractivity contribution >= 4 is 23.6 Å². The SMILES string of the molecule is CCN(CC)c1cc(/C=C/C(=O)c2ccc(OC)c3c2OC(C)(C)C=C3)ccc1OC. The molecule has 0 bridgehead atoms. The first-order valence-corrected chi connectivity index (χ1v) is 10.6. The van der Waals surface area contributed by atoms with E-state index in [1.165, 1.54) is 0 Å². The van der Waals surface area contributed by atoms with Crippen molar-refractivity contribution in [3.05, 3.63) is 59.2 Å². The minimum absolute atomic E-state index is 0.120. The van der Waals surface area contributed by atoms with Crippen molar-refractivity contribution in [2.75, 3.05) is 32.2 Å². The highest BCUT2D eigenvalue weighted by atomic mass is 16.5. The Hall–Kier alpha value is -3.21. The van der Waals surface area contributed by atoms with Gasteiger partial charge >= 0.3 is 0 Å². The molecule has 0 unspecified atom stereocenters. The molecule has 164 valence electrons. The highest BCUT2D eigenvalue weighted by Gasteiger charge is 2.27. The van der Waals surface area contributed by atoms with Gasteiger partial charge in [0, 0.05) is 13.1 Å². The van der Waals surface area contributed by atoms with Crippen LogP contribution in [0.3, 0.4) is 0 Å². The van der Waals surface area contributed by atoms with Crippen LogP contribution in [-0.4, -0.2) is 38.7 Å². The number of nitrogens with zero attached hydrogens (tertiary/aromatic N) is 1. The fraction of sp³-hybridized carbons (Fsp3) is 0.346. The molecule has 0 saturated heterocycles. The average molecular weight is 422 g/mol. The Kier molecular flexibility index (Phi) is 6.74. The number of hydrogen-bond donors (Lipinski definition) is 0. The Morgan fingerprint density at radius 3 is 2.39 bits per heavy atom. The first kappa shape index (κ1) is 22.5. The number of ketones is 1. The third-order valence-electron chi connectivity index (χ3n) is 5.39. The molecule has 5 heteroatoms. The van der Waals surface area contributed by atoms with E-state index in [1.54, 1.807) is 32.4 Å². The van der Waals surface area contributed by atoms with Gasteiger partial charge in [0.25, 0.3) is 0 Å². The summed E-state index contributed by atoms with van der Waals surface area (Å²) < 4.78 is 17.1. The van der Waals surface area contributed by atoms with E-state index in [4.69, 9.17) is 14.2 Å². The third kappa shape index (κ3) is 4.76. The van der Waals surface area contributed by atoms with Crippen LogP contribution in [0.5, 0.6) is 17.2 Å². The van der Waals surface area contributed by atoms with Gasteiger partial charge in [-0.25, -0.2) is 0 Å². The van der Waals surface area contributed by atoms with E-state index in [0.29, 0.717) is 17.1 Å². The number of allylic oxidation sites excluding steroid dienone is 1. The van der Waals surface area contributed by atoms with Crippen LogP contribution in [0.2, 0.25) is 0 Å². The number of hydrogen-bond acceptors (Lipinski definition) is 5. The Balaban J connectivity index is 1.94. The first-order valence-electron chi connectivity index (χ1n) is 10.6. The Bertz CT molecular complexity index is 1020. The second-order valence-electron chi connectivity index (χ2n) is 7.90. The number of benzene rings is 2. The van der Waals surface area contributed by atoms with Crippen LogP contribution in [0.25, 0.3) is 12.2 Å². The molecule has 1 aliphatic heterocycles. The van der Waals surface area contributed by atoms with Gasteiger partial charge in [-0.05, 0) is 75.8 Å². The van der Waals surface area contributed by atoms with E-state index >= 15 is 0 Å². The van der Waals surface area contributed by atoms with E-state index in [9.17, 15) is 4.79 Å². The molecule has 0 radical (unpaired) electrons. The van der Waals surface area contributed by atoms with Crippen molar-refractivity contribution in [3.63, 3.8) is 0 Å². The molecule has 0 spiro atoms. The number of rotatable bonds is 8. The van der Waals surface area contributed by atoms with Gasteiger partial charge in [-0.3, -0.25) is 4.79 Å². The fourth-order valence-corrected chi connectivity index (χ4v) is 3.69. The van der Waals surface area contributed by atoms with Crippen LogP contribution in [0.15, 0.2) is 42.5 Å². The molecule has 2 aromatic rings. The molecule has 0 fully saturated rings. The highest BCUT2D eigenvalue weighted by molar-refractivity contribution is 6.09. The summed E-state index contributed by atoms with van der Waals surface area (Å²) in [7, 11) is 3.28. The second-order valence-corrected chi connectivity index (χ2v) is 7.90. The smallest absolute Gasteiger partial charge is 0.189 e. The van der Waals surface area contributed by atoms with Crippen LogP contribution in [-0.2, 0) is 0 Å². The molecule has 0 amide bonds. The average Bonchev–Trinajstić information content (AvgIpc) is 2.77. The normalized spacial score (nSPS) is 14.1. The Labute approximate surface area is 184 Å². The number of carbonyl (C=O) groups is 1. The fourth-order valence-electron chi connectivity index (χ4n) is 3.69. The van der Waals surface area contributed by atoms with Crippen molar-refractivity contribution in [3.8, 4) is 17.2 Å². The molecule has 3 rings (SSSR count). The largest absolute Gasteiger partial charge is 0.496 e. The number of anilines is 1. The lowest BCUT2D eigenvalue weighted by Crippen LogP contribution is -2.28. The Morgan fingerprint density at radius 2 is 1.74 bits per heavy atom. The number of methoxy groups -OCH3 is 2. The van der Waals surface area contributed by atoms with Crippen molar-refractivity contribution in [2.24, 2.45) is 0 Å². The first-order chi connectivity index (χ1) is 14.8. The van der Waals surface area contributed by atoms with Crippen molar-refractivity contribution < 1.29 is 19.0 Å². The summed E-state index contributed by atoms with van der Waals surface area (Å²) in [6.07, 6.45) is 7.34. The monoisotopic (exact) mass is 421 g/mol. The lowest BCUT2D eigenvalue weighted by atomic mass is 9.97. The van der Waals surface area contributed by atoms with Gasteiger partial charge in [0.05, 0.1) is 31.0 Å². The maximum absolute atomic E-state index is 13.1. The lowest BCUT2D eigenvalue weighted by Gasteiger charge is -2.29. The molecule has 0 atom stereocenters. The van der Waals surface area contributed by atoms with Gasteiger partial charge in [-0.1, -0.05) is 12.1 Å². The van der Waals surface area contributed by atoms with Gasteiger partial charge in [-0.15, -0.1) is 0 Å². The minimum atomic E-state index is -0.493. The number of fused-ring (bicyclic) bond motifs is 1. The lowest BCUT2D eigenvalue weighted by molar-refractivity contribution is 0.103. The van der Waals surface area contributed by atoms with Crippen molar-refractivity contribution in [1.82, 2.24) is 0 Å². The minimum Gasteiger partial charge on any atom is -0.496 e. The third-order valence-corrected chi connectivity index (χ3v) is 5.39. The summed E-state index contributed by atoms with van der Waals surface area (Å²) in [4.78, 5) is 15.3. The molecule has 2 aromatic carbocycles. The summed E-state index contributed by atoms with van der Waals surface area (Å²) in [5.41, 5.74) is 2.75. The predicted octanol–water partition coefficient (Wildman–Crippen LogP) is 5.63. The predicted molar refractivity (Wildman–Crippen MR) is 127 cm³/mol. The number of ether oxygens (including phenoxy) is 3. The zero-order chi connectivity index (χ0) is 22.6. The van der Waals surface area contributed by atoms with E-state index in [1.807, 2.05) is 50.3 Å². The van der Waals surface area contributed by atoms with Crippen molar-refractivity contribution in [1.29, 1.82) is 0 Å². The van der Waals surface area contributed by atoms with Crippen LogP contribution >= 0.6 is 0 Å². The topological polar surface area (TPSA) is 48.0 Å². The zero-order valence-corrected chi connectivity index (χ0v) is 19.2. The zero-order valence-electron chi connectivity index (χ0n) is 19.2. The number of carbonyl (C=O) groups excluding carboxylic acids is 1. The summed E-state index contributed by atoms with van der Waals surface area (Å²) in [6, 6.07) is 9.49. The van der Waals surface area contributed by atoms with E-state index in [2.05, 4.69) is 18.7 Å². The van der Waals surface area contributed by atoms with Gasteiger partial charge in [0.2, 0.25) is 0 Å². The summed E-state index contributed by atoms with van der Waals surface area (Å²) in [5.74, 6) is 1.94. The standard InChI is InChI=1S/C26H31NO4/c1-7-27(8-2)21-17-18(10-13-24(21)30-6)9-12-22(28)19-11-14-23(29-5)20-15-16-26(3,4)31-25(19)20/h9-17H,7-8H2,1-6H3/b12-9+. The molecule has 1 heterocycles. The summed E-state index contributed by atoms with van der Waals surface area (Å²) in [6.45, 7) is 9.88. The maximum Gasteiger partial charge on any atom is 0.189 e. The summed E-state index contributed by atoms with van der Waals surface area (Å²) in [5, 5.41) is 0. The molecule has 5 nitrogen and oxygen atoms in total. The van der Waals surface area contributed by atoms with Gasteiger partial charge in [0.15, 0.2) is 5.78 Å². The van der Waals surface area contributed by atoms with E-state index in [-0.39, 0.29) is 5.78 Å². The quantitative estimate of drug-likeness (QED) is 0.408. The van der Waals surface area contributed by atoms with E-state index in [0.717, 1.165) is 35.7 Å². The molecule has 0 aromatic heterocycles. The van der Waals surface area contributed by atoms with Crippen LogP contribution in [0, 0.1) is 0 Å². The Morgan fingerprint density at radius 1 is 1.06 bits per heavy atom. The second kappa shape index (κ2) is 9.29. The van der Waals surface area contributed by atoms with Crippen LogP contribution < -0.4 is 19.1 Å². The van der Waals surface area contributed by atoms with Gasteiger partial charge in [0.1, 0.15) is 22.8 Å². The molecular weight excluding hydrogens is 390 g/mol. The van der Waals surface area contributed by atoms with Crippen molar-refractivity contribution in [2.45, 2.75) is 33.3 Å². The van der Waals surface area contributed by atoms with Crippen LogP contribution in [0.4, 0.5) is 5.69 Å². The molecule has 0 saturated carbocycles. The molecule has 0 N–H and O–H groups in total. The van der Waals surface area contributed by atoms with Gasteiger partial charge in [-0.2, -0.15) is 0 Å². The molecular formula is C26H31NO4. The maximum atomic E-state index is 13.1. The highest BCUT2D eigenvalue weighted by Crippen LogP contribution is 2.40. The molecule has 0 aliphatic carbocycles. The summed E-state index contributed by atoms with van der Waals surface area (Å²) >= 11 is 0. The molecule has 31 heavy (non-hydrogen) atoms. The molecule has 1 aliphatic rings. The van der Waals surface area contributed by atoms with E-state index < -0.39 is 5.60 Å².